The molecule has 0 aliphatic heterocycles. The molecule has 0 bridgehead atoms. The summed E-state index contributed by atoms with van der Waals surface area (Å²) < 4.78 is 12.6. The molecule has 0 aromatic heterocycles. The van der Waals surface area contributed by atoms with Crippen molar-refractivity contribution in [3.63, 3.8) is 0 Å². The third-order valence-electron chi connectivity index (χ3n) is 4.14. The first-order valence-corrected chi connectivity index (χ1v) is 9.40. The number of thiol groups is 2. The van der Waals surface area contributed by atoms with Gasteiger partial charge < -0.3 is 9.47 Å². The van der Waals surface area contributed by atoms with Crippen LogP contribution in [0, 0.1) is 0 Å². The molecule has 0 amide bonds. The first kappa shape index (κ1) is 23.7. The molecule has 0 aliphatic carbocycles. The van der Waals surface area contributed by atoms with Gasteiger partial charge in [0.25, 0.3) is 8.64 Å². The summed E-state index contributed by atoms with van der Waals surface area (Å²) in [6, 6.07) is 0. The Balaban J connectivity index is 5.76. The summed E-state index contributed by atoms with van der Waals surface area (Å²) in [5.41, 5.74) is 3.59. The summed E-state index contributed by atoms with van der Waals surface area (Å²) >= 11 is 19.9. The van der Waals surface area contributed by atoms with E-state index in [0.29, 0.717) is 44.0 Å². The molecule has 0 aromatic carbocycles. The van der Waals surface area contributed by atoms with Crippen molar-refractivity contribution in [2.75, 3.05) is 40.4 Å². The third kappa shape index (κ3) is 6.48. The van der Waals surface area contributed by atoms with Gasteiger partial charge in [-0.15, -0.1) is 0 Å². The molecule has 0 saturated heterocycles. The van der Waals surface area contributed by atoms with Gasteiger partial charge in [0.05, 0.1) is 0 Å². The average Bonchev–Trinajstić information content (AvgIpc) is 2.52. The van der Waals surface area contributed by atoms with Crippen LogP contribution < -0.4 is 5.53 Å². The van der Waals surface area contributed by atoms with Gasteiger partial charge in [-0.2, -0.15) is 9.18 Å². The van der Waals surface area contributed by atoms with Crippen LogP contribution in [0.25, 0.3) is 0 Å². The quantitative estimate of drug-likeness (QED) is 0.227. The lowest BCUT2D eigenvalue weighted by Crippen LogP contribution is -2.76. The van der Waals surface area contributed by atoms with E-state index < -0.39 is 0 Å². The number of hydrogen-bond acceptors (Lipinski definition) is 5. The Bertz CT molecular complexity index is 377. The van der Waals surface area contributed by atoms with Crippen LogP contribution in [-0.4, -0.2) is 70.4 Å². The normalized spacial score (nSPS) is 19.5. The number of rotatable bonds is 10. The lowest BCUT2D eigenvalue weighted by Gasteiger charge is -2.44. The van der Waals surface area contributed by atoms with E-state index in [1.54, 1.807) is 14.2 Å². The number of nitrogens with zero attached hydrogens (tertiary/aromatic N) is 2. The summed E-state index contributed by atoms with van der Waals surface area (Å²) in [4.78, 5) is 0. The fourth-order valence-corrected chi connectivity index (χ4v) is 3.41. The maximum absolute atomic E-state index is 5.45. The van der Waals surface area contributed by atoms with Crippen molar-refractivity contribution in [1.29, 1.82) is 0 Å². The van der Waals surface area contributed by atoms with Crippen LogP contribution in [0.1, 0.15) is 27.7 Å². The number of quaternary nitrogens is 2. The average molecular weight is 402 g/mol. The molecule has 0 fully saturated rings. The largest absolute Gasteiger partial charge is 0.376 e. The Labute approximate surface area is 162 Å². The number of ether oxygens (including phenoxy) is 2. The first-order chi connectivity index (χ1) is 10.6. The maximum atomic E-state index is 5.45. The van der Waals surface area contributed by atoms with Gasteiger partial charge in [0, 0.05) is 19.8 Å². The second kappa shape index (κ2) is 10.6. The van der Waals surface area contributed by atoms with E-state index in [0.717, 1.165) is 0 Å². The Morgan fingerprint density at radius 3 is 1.39 bits per heavy atom. The monoisotopic (exact) mass is 401 g/mol. The molecule has 23 heavy (non-hydrogen) atoms. The number of likely N-dealkylation sites (N-methyl/N-ethyl adjacent to an activating group) is 2. The zero-order valence-corrected chi connectivity index (χ0v) is 18.3. The van der Waals surface area contributed by atoms with E-state index in [2.05, 4.69) is 44.6 Å². The fourth-order valence-electron chi connectivity index (χ4n) is 2.39. The zero-order chi connectivity index (χ0) is 18.3. The molecule has 0 saturated carbocycles. The summed E-state index contributed by atoms with van der Waals surface area (Å²) in [6.45, 7) is 10.9. The molecule has 4 atom stereocenters. The number of nitrogens with one attached hydrogen (secondary N) is 1. The van der Waals surface area contributed by atoms with Gasteiger partial charge in [0.1, 0.15) is 38.4 Å². The van der Waals surface area contributed by atoms with Crippen LogP contribution in [0.15, 0.2) is 0 Å². The molecule has 0 heterocycles. The Hall–Kier alpha value is 0.680. The van der Waals surface area contributed by atoms with E-state index in [9.17, 15) is 0 Å². The molecule has 0 rings (SSSR count). The van der Waals surface area contributed by atoms with E-state index in [1.807, 2.05) is 13.8 Å². The molecule has 9 heteroatoms. The van der Waals surface area contributed by atoms with E-state index in [4.69, 9.17) is 33.9 Å². The molecule has 0 aromatic rings. The topological polar surface area (TPSA) is 30.5 Å². The predicted molar refractivity (Wildman–Crippen MR) is 111 cm³/mol. The molecule has 0 spiro atoms. The molecular formula is C14H31N3O2S4+2. The van der Waals surface area contributed by atoms with E-state index in [1.165, 1.54) is 0 Å². The van der Waals surface area contributed by atoms with Gasteiger partial charge in [0.2, 0.25) is 0 Å². The van der Waals surface area contributed by atoms with Crippen LogP contribution in [0.2, 0.25) is 0 Å². The second-order valence-corrected chi connectivity index (χ2v) is 7.92. The maximum Gasteiger partial charge on any atom is 0.254 e. The van der Waals surface area contributed by atoms with Crippen LogP contribution >= 0.6 is 49.7 Å². The highest BCUT2D eigenvalue weighted by atomic mass is 32.1. The van der Waals surface area contributed by atoms with Gasteiger partial charge >= 0.3 is 0 Å². The van der Waals surface area contributed by atoms with Crippen molar-refractivity contribution in [3.05, 3.63) is 0 Å². The van der Waals surface area contributed by atoms with Crippen LogP contribution in [-0.2, 0) is 9.47 Å². The number of thiocarbonyl (C=S) groups is 2. The molecule has 5 nitrogen and oxygen atoms in total. The van der Waals surface area contributed by atoms with Gasteiger partial charge in [-0.1, -0.05) is 25.3 Å². The van der Waals surface area contributed by atoms with E-state index >= 15 is 0 Å². The minimum absolute atomic E-state index is 0.0136. The van der Waals surface area contributed by atoms with Crippen molar-refractivity contribution in [3.8, 4) is 0 Å². The molecule has 0 aliphatic rings. The lowest BCUT2D eigenvalue weighted by molar-refractivity contribution is -1.09. The number of methoxy groups -OCH3 is 2. The van der Waals surface area contributed by atoms with Crippen LogP contribution in [0.3, 0.4) is 0 Å². The van der Waals surface area contributed by atoms with Gasteiger partial charge in [-0.3, -0.25) is 0 Å². The minimum atomic E-state index is 0.0136. The standard InChI is InChI=1S/C14H29N3O2S4/c1-7-16(13(20)21,9-11(3)18-5)15-17(8-2,14(22)23)10-12(4)19-6/h11-12,15H,7-10H2,1-6H3/p+2/t11-,12-,16+,17+/m1/s1. The van der Waals surface area contributed by atoms with Gasteiger partial charge in [0.15, 0.2) is 0 Å². The Morgan fingerprint density at radius 1 is 0.913 bits per heavy atom. The van der Waals surface area contributed by atoms with Crippen molar-refractivity contribution in [1.82, 2.24) is 5.53 Å². The highest BCUT2D eigenvalue weighted by molar-refractivity contribution is 8.10. The zero-order valence-electron chi connectivity index (χ0n) is 14.9. The molecule has 0 radical (unpaired) electrons. The molecular weight excluding hydrogens is 370 g/mol. The summed E-state index contributed by atoms with van der Waals surface area (Å²) in [6.07, 6.45) is 0.0271. The molecule has 0 unspecified atom stereocenters. The van der Waals surface area contributed by atoms with Crippen LogP contribution in [0.5, 0.6) is 0 Å². The van der Waals surface area contributed by atoms with Gasteiger partial charge in [-0.25, -0.2) is 0 Å². The van der Waals surface area contributed by atoms with Crippen molar-refractivity contribution >= 4 is 58.3 Å². The Morgan fingerprint density at radius 2 is 1.22 bits per heavy atom. The number of hydrogen-bond donors (Lipinski definition) is 3. The highest BCUT2D eigenvalue weighted by Gasteiger charge is 2.45. The highest BCUT2D eigenvalue weighted by Crippen LogP contribution is 2.19. The third-order valence-corrected chi connectivity index (χ3v) is 5.60. The van der Waals surface area contributed by atoms with Crippen molar-refractivity contribution in [2.24, 2.45) is 0 Å². The fraction of sp³-hybridized carbons (Fsp3) is 0.857. The van der Waals surface area contributed by atoms with Crippen LogP contribution in [0.4, 0.5) is 0 Å². The smallest absolute Gasteiger partial charge is 0.254 e. The summed E-state index contributed by atoms with van der Waals surface area (Å²) in [7, 11) is 3.38. The van der Waals surface area contributed by atoms with Crippen molar-refractivity contribution < 1.29 is 18.7 Å². The van der Waals surface area contributed by atoms with E-state index in [-0.39, 0.29) is 12.2 Å². The van der Waals surface area contributed by atoms with Crippen molar-refractivity contribution in [2.45, 2.75) is 39.9 Å². The Kier molecular flexibility index (Phi) is 10.9. The molecule has 136 valence electrons. The summed E-state index contributed by atoms with van der Waals surface area (Å²) in [5, 5.41) is 0. The minimum Gasteiger partial charge on any atom is -0.376 e. The summed E-state index contributed by atoms with van der Waals surface area (Å²) in [5.74, 6) is 0. The second-order valence-electron chi connectivity index (χ2n) is 5.69. The lowest BCUT2D eigenvalue weighted by atomic mass is 10.3. The predicted octanol–water partition coefficient (Wildman–Crippen LogP) is 2.58. The first-order valence-electron chi connectivity index (χ1n) is 7.69. The molecule has 1 N–H and O–H groups in total. The SMILES string of the molecule is CC[N@@+](C[C@@H](C)OC)(N[N@@+](CC)(C[C@@H](C)OC)C(=S)S)C(=S)S. The van der Waals surface area contributed by atoms with Gasteiger partial charge in [-0.05, 0) is 52.1 Å².